The Bertz CT molecular complexity index is 1110. The average molecular weight is 315 g/mol. The van der Waals surface area contributed by atoms with Crippen molar-refractivity contribution in [3.8, 4) is 0 Å². The molecule has 4 heteroatoms. The largest absolute Gasteiger partial charge is 0.300 e. The number of ketones is 2. The maximum absolute atomic E-state index is 13.0. The molecule has 0 bridgehead atoms. The molecule has 1 aromatic heterocycles. The first-order valence-corrected chi connectivity index (χ1v) is 7.60. The number of nitrogens with zero attached hydrogens (tertiary/aromatic N) is 1. The first-order valence-electron chi connectivity index (χ1n) is 7.60. The number of hydrogen-bond acceptors (Lipinski definition) is 3. The van der Waals surface area contributed by atoms with Crippen LogP contribution in [0.15, 0.2) is 66.0 Å². The summed E-state index contributed by atoms with van der Waals surface area (Å²) in [4.78, 5) is 38.8. The highest BCUT2D eigenvalue weighted by Crippen LogP contribution is 2.31. The third kappa shape index (κ3) is 1.77. The molecule has 1 aliphatic carbocycles. The van der Waals surface area contributed by atoms with Crippen molar-refractivity contribution in [1.29, 1.82) is 0 Å². The molecule has 0 aliphatic heterocycles. The first kappa shape index (κ1) is 14.3. The van der Waals surface area contributed by atoms with Crippen LogP contribution in [0.5, 0.6) is 0 Å². The van der Waals surface area contributed by atoms with Crippen molar-refractivity contribution in [2.75, 3.05) is 0 Å². The highest BCUT2D eigenvalue weighted by molar-refractivity contribution is 6.31. The second-order valence-electron chi connectivity index (χ2n) is 5.68. The van der Waals surface area contributed by atoms with Crippen molar-refractivity contribution >= 4 is 22.3 Å². The molecule has 0 radical (unpaired) electrons. The standard InChI is InChI=1S/C20H13NO3/c1-2-11-21-17-16(12-7-3-6-10-15(12)20(21)24)18(22)13-8-4-5-9-14(13)19(17)23/h2-10H,1,11H2. The smallest absolute Gasteiger partial charge is 0.259 e. The first-order chi connectivity index (χ1) is 11.6. The fourth-order valence-electron chi connectivity index (χ4n) is 3.31. The molecule has 4 rings (SSSR count). The van der Waals surface area contributed by atoms with Crippen LogP contribution in [0.1, 0.15) is 32.0 Å². The third-order valence-electron chi connectivity index (χ3n) is 4.35. The molecule has 1 aliphatic rings. The van der Waals surface area contributed by atoms with E-state index in [1.807, 2.05) is 0 Å². The zero-order valence-corrected chi connectivity index (χ0v) is 12.8. The summed E-state index contributed by atoms with van der Waals surface area (Å²) in [5, 5.41) is 0.948. The van der Waals surface area contributed by atoms with E-state index < -0.39 is 0 Å². The van der Waals surface area contributed by atoms with Crippen LogP contribution >= 0.6 is 0 Å². The summed E-state index contributed by atoms with van der Waals surface area (Å²) in [7, 11) is 0. The fraction of sp³-hybridized carbons (Fsp3) is 0.0500. The van der Waals surface area contributed by atoms with Gasteiger partial charge in [-0.3, -0.25) is 14.4 Å². The number of carbonyl (C=O) groups excluding carboxylic acids is 2. The van der Waals surface area contributed by atoms with E-state index in [0.29, 0.717) is 27.5 Å². The Labute approximate surface area is 137 Å². The number of fused-ring (bicyclic) bond motifs is 4. The summed E-state index contributed by atoms with van der Waals surface area (Å²) in [6.07, 6.45) is 1.55. The fourth-order valence-corrected chi connectivity index (χ4v) is 3.31. The van der Waals surface area contributed by atoms with Crippen molar-refractivity contribution in [2.45, 2.75) is 6.54 Å². The van der Waals surface area contributed by atoms with Crippen LogP contribution in [0.2, 0.25) is 0 Å². The molecule has 4 nitrogen and oxygen atoms in total. The van der Waals surface area contributed by atoms with Crippen LogP contribution < -0.4 is 5.56 Å². The average Bonchev–Trinajstić information content (AvgIpc) is 2.62. The topological polar surface area (TPSA) is 56.1 Å². The lowest BCUT2D eigenvalue weighted by atomic mass is 9.84. The normalized spacial score (nSPS) is 12.8. The molecule has 0 unspecified atom stereocenters. The molecule has 0 amide bonds. The van der Waals surface area contributed by atoms with Gasteiger partial charge < -0.3 is 4.57 Å². The summed E-state index contributed by atoms with van der Waals surface area (Å²) in [6.45, 7) is 3.83. The van der Waals surface area contributed by atoms with Crippen molar-refractivity contribution < 1.29 is 9.59 Å². The Hall–Kier alpha value is -3.27. The van der Waals surface area contributed by atoms with E-state index in [9.17, 15) is 14.4 Å². The number of aromatic nitrogens is 1. The van der Waals surface area contributed by atoms with Gasteiger partial charge in [0.2, 0.25) is 5.78 Å². The van der Waals surface area contributed by atoms with Gasteiger partial charge in [0.25, 0.3) is 5.56 Å². The van der Waals surface area contributed by atoms with E-state index in [4.69, 9.17) is 0 Å². The van der Waals surface area contributed by atoms with Crippen molar-refractivity contribution in [2.24, 2.45) is 0 Å². The van der Waals surface area contributed by atoms with Gasteiger partial charge in [0, 0.05) is 28.4 Å². The number of allylic oxidation sites excluding steroid dienone is 1. The number of hydrogen-bond donors (Lipinski definition) is 0. The van der Waals surface area contributed by atoms with Crippen LogP contribution in [-0.2, 0) is 6.54 Å². The molecule has 0 N–H and O–H groups in total. The van der Waals surface area contributed by atoms with Crippen LogP contribution in [0.4, 0.5) is 0 Å². The Morgan fingerprint density at radius 1 is 0.833 bits per heavy atom. The predicted molar refractivity (Wildman–Crippen MR) is 91.7 cm³/mol. The van der Waals surface area contributed by atoms with Gasteiger partial charge in [0.1, 0.15) is 5.69 Å². The minimum absolute atomic E-state index is 0.155. The second kappa shape index (κ2) is 5.13. The minimum Gasteiger partial charge on any atom is -0.300 e. The van der Waals surface area contributed by atoms with E-state index in [1.165, 1.54) is 4.57 Å². The SMILES string of the molecule is C=CCn1c2c(c3ccccc3c1=O)C(=O)c1ccccc1C2=O. The summed E-state index contributed by atoms with van der Waals surface area (Å²) in [5.41, 5.74) is 0.884. The van der Waals surface area contributed by atoms with E-state index in [-0.39, 0.29) is 29.4 Å². The van der Waals surface area contributed by atoms with Gasteiger partial charge in [0.05, 0.1) is 5.56 Å². The maximum Gasteiger partial charge on any atom is 0.259 e. The third-order valence-corrected chi connectivity index (χ3v) is 4.35. The summed E-state index contributed by atoms with van der Waals surface area (Å²) >= 11 is 0. The Balaban J connectivity index is 2.22. The molecular formula is C20H13NO3. The highest BCUT2D eigenvalue weighted by Gasteiger charge is 2.34. The van der Waals surface area contributed by atoms with Crippen LogP contribution in [0, 0.1) is 0 Å². The van der Waals surface area contributed by atoms with E-state index in [2.05, 4.69) is 6.58 Å². The quantitative estimate of drug-likeness (QED) is 0.534. The van der Waals surface area contributed by atoms with E-state index in [1.54, 1.807) is 54.6 Å². The molecular weight excluding hydrogens is 302 g/mol. The van der Waals surface area contributed by atoms with Crippen LogP contribution in [-0.4, -0.2) is 16.1 Å². The van der Waals surface area contributed by atoms with Crippen molar-refractivity contribution in [3.63, 3.8) is 0 Å². The number of benzene rings is 2. The molecule has 3 aromatic rings. The lowest BCUT2D eigenvalue weighted by Crippen LogP contribution is -2.33. The zero-order chi connectivity index (χ0) is 16.8. The predicted octanol–water partition coefficient (Wildman–Crippen LogP) is 2.96. The van der Waals surface area contributed by atoms with E-state index >= 15 is 0 Å². The van der Waals surface area contributed by atoms with Gasteiger partial charge in [-0.2, -0.15) is 0 Å². The minimum atomic E-state index is -0.301. The molecule has 0 saturated carbocycles. The molecule has 0 fully saturated rings. The lowest BCUT2D eigenvalue weighted by Gasteiger charge is -2.22. The van der Waals surface area contributed by atoms with Crippen molar-refractivity contribution in [3.05, 3.63) is 93.9 Å². The number of rotatable bonds is 2. The zero-order valence-electron chi connectivity index (χ0n) is 12.8. The number of pyridine rings is 1. The highest BCUT2D eigenvalue weighted by atomic mass is 16.1. The molecule has 0 atom stereocenters. The molecule has 0 saturated heterocycles. The van der Waals surface area contributed by atoms with Crippen LogP contribution in [0.25, 0.3) is 10.8 Å². The summed E-state index contributed by atoms with van der Waals surface area (Å²) in [6, 6.07) is 13.6. The molecule has 0 spiro atoms. The summed E-state index contributed by atoms with van der Waals surface area (Å²) < 4.78 is 1.35. The Morgan fingerprint density at radius 3 is 2.08 bits per heavy atom. The van der Waals surface area contributed by atoms with E-state index in [0.717, 1.165) is 0 Å². The molecule has 116 valence electrons. The van der Waals surface area contributed by atoms with Crippen LogP contribution in [0.3, 0.4) is 0 Å². The van der Waals surface area contributed by atoms with Gasteiger partial charge in [-0.1, -0.05) is 48.5 Å². The number of carbonyl (C=O) groups is 2. The lowest BCUT2D eigenvalue weighted by molar-refractivity contribution is 0.0972. The molecule has 1 heterocycles. The van der Waals surface area contributed by atoms with Gasteiger partial charge in [-0.25, -0.2) is 0 Å². The second-order valence-corrected chi connectivity index (χ2v) is 5.68. The van der Waals surface area contributed by atoms with Gasteiger partial charge >= 0.3 is 0 Å². The summed E-state index contributed by atoms with van der Waals surface area (Å²) in [5.74, 6) is -0.529. The monoisotopic (exact) mass is 315 g/mol. The molecule has 24 heavy (non-hydrogen) atoms. The maximum atomic E-state index is 13.0. The van der Waals surface area contributed by atoms with Gasteiger partial charge in [-0.15, -0.1) is 6.58 Å². The Kier molecular flexibility index (Phi) is 3.06. The van der Waals surface area contributed by atoms with Gasteiger partial charge in [0.15, 0.2) is 5.78 Å². The molecule has 2 aromatic carbocycles. The Morgan fingerprint density at radius 2 is 1.42 bits per heavy atom. The van der Waals surface area contributed by atoms with Crippen molar-refractivity contribution in [1.82, 2.24) is 4.57 Å². The van der Waals surface area contributed by atoms with Gasteiger partial charge in [-0.05, 0) is 6.07 Å².